The number of benzene rings is 2. The van der Waals surface area contributed by atoms with Gasteiger partial charge in [-0.3, -0.25) is 4.79 Å². The van der Waals surface area contributed by atoms with Crippen molar-refractivity contribution < 1.29 is 13.9 Å². The predicted molar refractivity (Wildman–Crippen MR) is 114 cm³/mol. The van der Waals surface area contributed by atoms with E-state index in [9.17, 15) is 9.18 Å². The van der Waals surface area contributed by atoms with Gasteiger partial charge in [0.2, 0.25) is 0 Å². The van der Waals surface area contributed by atoms with Gasteiger partial charge in [-0.25, -0.2) is 4.39 Å². The molecule has 0 spiro atoms. The summed E-state index contributed by atoms with van der Waals surface area (Å²) in [7, 11) is 0. The molecule has 0 bridgehead atoms. The van der Waals surface area contributed by atoms with Crippen molar-refractivity contribution in [2.45, 2.75) is 33.2 Å². The highest BCUT2D eigenvalue weighted by molar-refractivity contribution is 5.95. The zero-order valence-corrected chi connectivity index (χ0v) is 16.7. The minimum atomic E-state index is -0.478. The standard InChI is InChI=1S/C25H24FNO2/c1-3-4-15-29-23-10-6-9-22(24(23)26)17-27-25(28)21-14-13-19-12-11-18(2)7-5-8-20(19)16-21/h5-10,13-14,16H,11-12,15,17H2,1-2H3,(H,27,28)/b8-5-,18-7?. The smallest absolute Gasteiger partial charge is 0.251 e. The van der Waals surface area contributed by atoms with E-state index in [1.54, 1.807) is 25.1 Å². The second-order valence-corrected chi connectivity index (χ2v) is 6.91. The van der Waals surface area contributed by atoms with Gasteiger partial charge >= 0.3 is 0 Å². The number of carbonyl (C=O) groups excluding carboxylic acids is 1. The van der Waals surface area contributed by atoms with E-state index in [-0.39, 0.29) is 24.8 Å². The number of carbonyl (C=O) groups is 1. The Morgan fingerprint density at radius 1 is 1.24 bits per heavy atom. The molecule has 0 atom stereocenters. The van der Waals surface area contributed by atoms with Crippen LogP contribution in [0.3, 0.4) is 0 Å². The highest BCUT2D eigenvalue weighted by Crippen LogP contribution is 2.22. The lowest BCUT2D eigenvalue weighted by Gasteiger charge is -2.12. The number of hydrogen-bond acceptors (Lipinski definition) is 2. The van der Waals surface area contributed by atoms with Crippen LogP contribution in [0.4, 0.5) is 4.39 Å². The van der Waals surface area contributed by atoms with Crippen molar-refractivity contribution in [3.8, 4) is 17.6 Å². The van der Waals surface area contributed by atoms with E-state index in [1.165, 1.54) is 11.1 Å². The van der Waals surface area contributed by atoms with E-state index in [0.717, 1.165) is 18.4 Å². The summed E-state index contributed by atoms with van der Waals surface area (Å²) in [6, 6.07) is 10.6. The molecule has 0 aliphatic heterocycles. The van der Waals surface area contributed by atoms with Crippen LogP contribution in [0.1, 0.15) is 47.3 Å². The first-order chi connectivity index (χ1) is 14.1. The highest BCUT2D eigenvalue weighted by Gasteiger charge is 2.13. The molecular formula is C25H24FNO2. The third-order valence-electron chi connectivity index (χ3n) is 4.81. The van der Waals surface area contributed by atoms with E-state index < -0.39 is 5.82 Å². The van der Waals surface area contributed by atoms with E-state index in [4.69, 9.17) is 4.74 Å². The maximum Gasteiger partial charge on any atom is 0.251 e. The van der Waals surface area contributed by atoms with Crippen LogP contribution >= 0.6 is 0 Å². The molecule has 0 aromatic heterocycles. The van der Waals surface area contributed by atoms with Gasteiger partial charge in [0.05, 0.1) is 0 Å². The number of hydrogen-bond donors (Lipinski definition) is 1. The number of amides is 1. The van der Waals surface area contributed by atoms with Gasteiger partial charge in [-0.05, 0) is 56.0 Å². The summed E-state index contributed by atoms with van der Waals surface area (Å²) in [6.07, 6.45) is 8.08. The molecule has 0 fully saturated rings. The van der Waals surface area contributed by atoms with Crippen LogP contribution in [0.25, 0.3) is 6.08 Å². The molecule has 0 radical (unpaired) electrons. The number of halogens is 1. The topological polar surface area (TPSA) is 38.3 Å². The van der Waals surface area contributed by atoms with Crippen molar-refractivity contribution >= 4 is 12.0 Å². The minimum absolute atomic E-state index is 0.0795. The van der Waals surface area contributed by atoms with Gasteiger partial charge in [0, 0.05) is 17.7 Å². The first-order valence-corrected chi connectivity index (χ1v) is 9.63. The molecule has 2 aromatic carbocycles. The van der Waals surface area contributed by atoms with Crippen LogP contribution in [0, 0.1) is 17.7 Å². The number of aryl methyl sites for hydroxylation is 1. The van der Waals surface area contributed by atoms with Gasteiger partial charge < -0.3 is 10.1 Å². The van der Waals surface area contributed by atoms with Crippen molar-refractivity contribution in [1.82, 2.24) is 5.32 Å². The summed E-state index contributed by atoms with van der Waals surface area (Å²) in [4.78, 5) is 12.6. The molecule has 0 unspecified atom stereocenters. The van der Waals surface area contributed by atoms with Gasteiger partial charge in [0.25, 0.3) is 5.91 Å². The number of nitrogens with one attached hydrogen (secondary N) is 1. The van der Waals surface area contributed by atoms with E-state index in [0.29, 0.717) is 11.1 Å². The van der Waals surface area contributed by atoms with Gasteiger partial charge in [0.1, 0.15) is 6.61 Å². The monoisotopic (exact) mass is 389 g/mol. The molecule has 3 rings (SSSR count). The van der Waals surface area contributed by atoms with Gasteiger partial charge in [-0.2, -0.15) is 0 Å². The number of allylic oxidation sites excluding steroid dienone is 3. The van der Waals surface area contributed by atoms with Crippen LogP contribution in [0.5, 0.6) is 5.75 Å². The molecule has 2 aromatic rings. The molecular weight excluding hydrogens is 365 g/mol. The lowest BCUT2D eigenvalue weighted by Crippen LogP contribution is -2.23. The van der Waals surface area contributed by atoms with Crippen molar-refractivity contribution in [3.63, 3.8) is 0 Å². The Balaban J connectivity index is 1.69. The lowest BCUT2D eigenvalue weighted by molar-refractivity contribution is 0.0950. The predicted octanol–water partition coefficient (Wildman–Crippen LogP) is 5.06. The zero-order chi connectivity index (χ0) is 20.6. The average Bonchev–Trinajstić information content (AvgIpc) is 2.71. The largest absolute Gasteiger partial charge is 0.478 e. The van der Waals surface area contributed by atoms with Gasteiger partial charge in [-0.15, -0.1) is 5.92 Å². The van der Waals surface area contributed by atoms with Gasteiger partial charge in [-0.1, -0.05) is 47.9 Å². The third kappa shape index (κ3) is 5.36. The third-order valence-corrected chi connectivity index (χ3v) is 4.81. The molecule has 1 N–H and O–H groups in total. The number of ether oxygens (including phenoxy) is 1. The molecule has 1 amide bonds. The number of rotatable bonds is 5. The van der Waals surface area contributed by atoms with Gasteiger partial charge in [0.15, 0.2) is 11.6 Å². The Labute approximate surface area is 171 Å². The van der Waals surface area contributed by atoms with Crippen molar-refractivity contribution in [2.24, 2.45) is 0 Å². The second-order valence-electron chi connectivity index (χ2n) is 6.91. The molecule has 0 heterocycles. The first kappa shape index (κ1) is 20.4. The maximum absolute atomic E-state index is 14.6. The fourth-order valence-electron chi connectivity index (χ4n) is 3.12. The van der Waals surface area contributed by atoms with Crippen molar-refractivity contribution in [2.75, 3.05) is 6.61 Å². The molecule has 3 nitrogen and oxygen atoms in total. The molecule has 4 heteroatoms. The van der Waals surface area contributed by atoms with E-state index in [1.807, 2.05) is 30.4 Å². The minimum Gasteiger partial charge on any atom is -0.478 e. The highest BCUT2D eigenvalue weighted by atomic mass is 19.1. The SMILES string of the molecule is CC#CCOc1cccc(CNC(=O)c2ccc3c(c2)/C=C\C=C(C)CC3)c1F. The van der Waals surface area contributed by atoms with Crippen LogP contribution < -0.4 is 10.1 Å². The van der Waals surface area contributed by atoms with E-state index >= 15 is 0 Å². The summed E-state index contributed by atoms with van der Waals surface area (Å²) in [5.41, 5.74) is 4.52. The Kier molecular flexibility index (Phi) is 6.86. The Morgan fingerprint density at radius 2 is 2.10 bits per heavy atom. The van der Waals surface area contributed by atoms with Crippen LogP contribution in [-0.4, -0.2) is 12.5 Å². The Morgan fingerprint density at radius 3 is 2.93 bits per heavy atom. The Hall–Kier alpha value is -3.32. The maximum atomic E-state index is 14.6. The second kappa shape index (κ2) is 9.75. The fraction of sp³-hybridized carbons (Fsp3) is 0.240. The molecule has 1 aliphatic carbocycles. The van der Waals surface area contributed by atoms with Crippen molar-refractivity contribution in [3.05, 3.63) is 82.2 Å². The van der Waals surface area contributed by atoms with Crippen LogP contribution in [-0.2, 0) is 13.0 Å². The molecule has 0 saturated carbocycles. The summed E-state index contributed by atoms with van der Waals surface area (Å²) in [5.74, 6) is 4.85. The quantitative estimate of drug-likeness (QED) is 0.726. The fourth-order valence-corrected chi connectivity index (χ4v) is 3.12. The summed E-state index contributed by atoms with van der Waals surface area (Å²) < 4.78 is 19.9. The summed E-state index contributed by atoms with van der Waals surface area (Å²) >= 11 is 0. The molecule has 29 heavy (non-hydrogen) atoms. The van der Waals surface area contributed by atoms with Crippen molar-refractivity contribution in [1.29, 1.82) is 0 Å². The average molecular weight is 389 g/mol. The zero-order valence-electron chi connectivity index (χ0n) is 16.7. The first-order valence-electron chi connectivity index (χ1n) is 9.63. The molecule has 1 aliphatic rings. The van der Waals surface area contributed by atoms with Crippen LogP contribution in [0.2, 0.25) is 0 Å². The molecule has 148 valence electrons. The van der Waals surface area contributed by atoms with Crippen LogP contribution in [0.15, 0.2) is 54.1 Å². The number of fused-ring (bicyclic) bond motifs is 1. The van der Waals surface area contributed by atoms with E-state index in [2.05, 4.69) is 30.2 Å². The molecule has 0 saturated heterocycles. The Bertz CT molecular complexity index is 1020. The lowest BCUT2D eigenvalue weighted by atomic mass is 9.95. The summed E-state index contributed by atoms with van der Waals surface area (Å²) in [6.45, 7) is 4.02. The normalized spacial score (nSPS) is 13.7. The summed E-state index contributed by atoms with van der Waals surface area (Å²) in [5, 5.41) is 2.79.